The maximum Gasteiger partial charge on any atom is 0.422 e. The molecule has 1 aromatic carbocycles. The minimum Gasteiger partial charge on any atom is -0.386 e. The van der Waals surface area contributed by atoms with E-state index >= 15 is 0 Å². The minimum atomic E-state index is -2.20. The molecule has 3 saturated carbocycles. The van der Waals surface area contributed by atoms with Crippen LogP contribution in [0.5, 0.6) is 0 Å². The summed E-state index contributed by atoms with van der Waals surface area (Å²) < 4.78 is 0. The average Bonchev–Trinajstić information content (AvgIpc) is 3.29. The van der Waals surface area contributed by atoms with Gasteiger partial charge in [0.2, 0.25) is 11.3 Å². The van der Waals surface area contributed by atoms with Crippen molar-refractivity contribution < 1.29 is 14.5 Å². The lowest BCUT2D eigenvalue weighted by molar-refractivity contribution is -0.263. The Kier molecular flexibility index (Phi) is 5.10. The van der Waals surface area contributed by atoms with Crippen LogP contribution in [0.3, 0.4) is 0 Å². The number of anilines is 1. The van der Waals surface area contributed by atoms with Crippen LogP contribution in [0.4, 0.5) is 5.69 Å². The van der Waals surface area contributed by atoms with Gasteiger partial charge in [-0.25, -0.2) is 0 Å². The van der Waals surface area contributed by atoms with E-state index < -0.39 is 28.1 Å². The Morgan fingerprint density at radius 3 is 2.11 bits per heavy atom. The van der Waals surface area contributed by atoms with Crippen molar-refractivity contribution in [3.63, 3.8) is 0 Å². The highest BCUT2D eigenvalue weighted by atomic mass is 16.8. The molecule has 1 amide bonds. The van der Waals surface area contributed by atoms with Gasteiger partial charge in [0.25, 0.3) is 0 Å². The van der Waals surface area contributed by atoms with Gasteiger partial charge in [-0.15, -0.1) is 0 Å². The van der Waals surface area contributed by atoms with Crippen LogP contribution in [0.2, 0.25) is 0 Å². The van der Waals surface area contributed by atoms with Crippen LogP contribution in [0.15, 0.2) is 33.5 Å². The summed E-state index contributed by atoms with van der Waals surface area (Å²) in [6.07, 6.45) is 9.14. The number of hydrogen-bond acceptors (Lipinski definition) is 9. The molecular weight excluding hydrogens is 470 g/mol. The van der Waals surface area contributed by atoms with Crippen molar-refractivity contribution in [1.82, 2.24) is 0 Å². The Morgan fingerprint density at radius 2 is 1.57 bits per heavy atom. The molecule has 10 nitrogen and oxygen atoms in total. The molecule has 1 aromatic rings. The van der Waals surface area contributed by atoms with Gasteiger partial charge in [0.05, 0.1) is 23.6 Å². The number of fused-ring (bicyclic) bond motifs is 5. The highest BCUT2D eigenvalue weighted by Gasteiger charge is 3.07. The summed E-state index contributed by atoms with van der Waals surface area (Å²) in [7, 11) is 0. The summed E-state index contributed by atoms with van der Waals surface area (Å²) in [6, 6.07) is 9.91. The van der Waals surface area contributed by atoms with E-state index in [0.29, 0.717) is 11.3 Å². The second kappa shape index (κ2) is 8.04. The lowest BCUT2D eigenvalue weighted by Gasteiger charge is -2.30. The highest BCUT2D eigenvalue weighted by Crippen LogP contribution is 2.87. The lowest BCUT2D eigenvalue weighted by Crippen LogP contribution is -2.47. The molecule has 3 aliphatic carbocycles. The molecule has 6 rings (SSSR count). The number of carbonyl (C=O) groups excluding carboxylic acids is 1. The Balaban J connectivity index is 1.55. The molecule has 2 aliphatic heterocycles. The molecular formula is C27H29N7O3. The quantitative estimate of drug-likeness (QED) is 0.472. The molecule has 3 fully saturated rings. The van der Waals surface area contributed by atoms with E-state index in [9.17, 15) is 15.3 Å². The summed E-state index contributed by atoms with van der Waals surface area (Å²) in [5, 5.41) is 33.1. The predicted octanol–water partition coefficient (Wildman–Crippen LogP) is 3.92. The fourth-order valence-electron chi connectivity index (χ4n) is 6.92. The molecule has 10 heteroatoms. The first-order valence-corrected chi connectivity index (χ1v) is 13.0. The number of benzene rings is 1. The topological polar surface area (TPSA) is 158 Å². The summed E-state index contributed by atoms with van der Waals surface area (Å²) in [4.78, 5) is 30.4. The van der Waals surface area contributed by atoms with Gasteiger partial charge in [-0.05, 0) is 69.9 Å². The van der Waals surface area contributed by atoms with Gasteiger partial charge in [-0.2, -0.15) is 15.5 Å². The van der Waals surface area contributed by atoms with Crippen molar-refractivity contribution in [3.8, 4) is 12.1 Å². The van der Waals surface area contributed by atoms with Crippen molar-refractivity contribution >= 4 is 28.9 Å². The molecule has 0 unspecified atom stereocenters. The van der Waals surface area contributed by atoms with Gasteiger partial charge < -0.3 is 20.7 Å². The number of rotatable bonds is 4. The Morgan fingerprint density at radius 1 is 0.973 bits per heavy atom. The van der Waals surface area contributed by atoms with E-state index in [1.807, 2.05) is 19.1 Å². The number of aryl methyl sites for hydroxylation is 1. The van der Waals surface area contributed by atoms with Crippen molar-refractivity contribution in [1.29, 1.82) is 10.5 Å². The van der Waals surface area contributed by atoms with Crippen LogP contribution in [0.1, 0.15) is 75.3 Å². The Labute approximate surface area is 215 Å². The molecule has 0 radical (unpaired) electrons. The summed E-state index contributed by atoms with van der Waals surface area (Å²) in [6.45, 7) is 1.88. The number of carbonyl (C=O) groups is 1. The van der Waals surface area contributed by atoms with Crippen LogP contribution in [0, 0.1) is 40.4 Å². The number of aliphatic imine (C=N–C) groups is 1. The molecule has 0 aromatic heterocycles. The number of amidine groups is 1. The number of amides is 1. The average molecular weight is 500 g/mol. The Hall–Kier alpha value is -3.92. The molecule has 0 saturated heterocycles. The fourth-order valence-corrected chi connectivity index (χ4v) is 6.92. The number of nitrogens with zero attached hydrogens (tertiary/aromatic N) is 5. The summed E-state index contributed by atoms with van der Waals surface area (Å²) >= 11 is 0. The van der Waals surface area contributed by atoms with E-state index in [1.54, 1.807) is 6.07 Å². The first-order chi connectivity index (χ1) is 17.9. The van der Waals surface area contributed by atoms with E-state index in [1.165, 1.54) is 0 Å². The van der Waals surface area contributed by atoms with Crippen LogP contribution >= 0.6 is 0 Å². The zero-order valence-corrected chi connectivity index (χ0v) is 20.8. The molecule has 190 valence electrons. The van der Waals surface area contributed by atoms with Gasteiger partial charge in [0, 0.05) is 5.69 Å². The van der Waals surface area contributed by atoms with E-state index in [2.05, 4.69) is 32.8 Å². The lowest BCUT2D eigenvalue weighted by atomic mass is 9.83. The Bertz CT molecular complexity index is 1320. The molecule has 37 heavy (non-hydrogen) atoms. The monoisotopic (exact) mass is 499 g/mol. The SMILES string of the molecule is Cc1ccc2c(c1)[C@@]1(C(=O)N2)[C@@]2(C#N)C(N)=NC(ON=C3CCCCC3)(ON=C3CCCCC3)[C@@]21C#N. The van der Waals surface area contributed by atoms with Crippen LogP contribution in [0.25, 0.3) is 0 Å². The minimum absolute atomic E-state index is 0.186. The van der Waals surface area contributed by atoms with Crippen molar-refractivity contribution in [2.75, 3.05) is 5.32 Å². The number of oxime groups is 2. The smallest absolute Gasteiger partial charge is 0.386 e. The van der Waals surface area contributed by atoms with Gasteiger partial charge in [0.15, 0.2) is 5.41 Å². The molecule has 3 atom stereocenters. The number of nitrogens with two attached hydrogens (primary N) is 1. The predicted molar refractivity (Wildman–Crippen MR) is 135 cm³/mol. The zero-order valence-electron chi connectivity index (χ0n) is 20.8. The molecule has 0 bridgehead atoms. The van der Waals surface area contributed by atoms with Gasteiger partial charge in [-0.3, -0.25) is 4.79 Å². The number of hydrogen-bond donors (Lipinski definition) is 2. The summed E-state index contributed by atoms with van der Waals surface area (Å²) in [5.74, 6) is -2.89. The van der Waals surface area contributed by atoms with Gasteiger partial charge in [-0.1, -0.05) is 40.8 Å². The third-order valence-corrected chi connectivity index (χ3v) is 8.71. The van der Waals surface area contributed by atoms with E-state index in [-0.39, 0.29) is 5.84 Å². The largest absolute Gasteiger partial charge is 0.422 e. The van der Waals surface area contributed by atoms with Crippen molar-refractivity contribution in [2.24, 2.45) is 31.9 Å². The maximum atomic E-state index is 13.8. The molecule has 3 N–H and O–H groups in total. The molecule has 1 spiro atoms. The molecule has 2 heterocycles. The number of nitriles is 2. The third-order valence-electron chi connectivity index (χ3n) is 8.71. The van der Waals surface area contributed by atoms with Crippen molar-refractivity contribution in [3.05, 3.63) is 29.3 Å². The number of nitrogens with one attached hydrogen (secondary N) is 1. The van der Waals surface area contributed by atoms with Crippen LogP contribution < -0.4 is 11.1 Å². The standard InChI is InChI=1S/C27H29N7O3/c1-17-12-13-21-20(14-17)26(23(35)31-21)24(15-28)22(30)32-27(25(24,26)16-29,36-33-18-8-4-2-5-9-18)37-34-19-10-6-3-7-11-19/h12-14H,2-11H2,1H3,(H2,30,32)(H,31,35)/t24-,25-,26+/m0/s1. The third kappa shape index (κ3) is 2.68. The van der Waals surface area contributed by atoms with Crippen LogP contribution in [-0.4, -0.2) is 29.1 Å². The summed E-state index contributed by atoms with van der Waals surface area (Å²) in [5.41, 5.74) is 4.57. The maximum absolute atomic E-state index is 13.8. The van der Waals surface area contributed by atoms with E-state index in [0.717, 1.165) is 81.2 Å². The first-order valence-electron chi connectivity index (χ1n) is 13.0. The van der Waals surface area contributed by atoms with Gasteiger partial charge in [0.1, 0.15) is 11.3 Å². The van der Waals surface area contributed by atoms with E-state index in [4.69, 9.17) is 15.4 Å². The highest BCUT2D eigenvalue weighted by molar-refractivity contribution is 6.20. The zero-order chi connectivity index (χ0) is 25.9. The second-order valence-corrected chi connectivity index (χ2v) is 10.7. The molecule has 5 aliphatic rings. The van der Waals surface area contributed by atoms with Gasteiger partial charge >= 0.3 is 5.91 Å². The normalized spacial score (nSPS) is 32.8. The van der Waals surface area contributed by atoms with Crippen LogP contribution in [-0.2, 0) is 19.9 Å². The second-order valence-electron chi connectivity index (χ2n) is 10.7. The fraction of sp³-hybridized carbons (Fsp3) is 0.556. The first kappa shape index (κ1) is 23.5. The van der Waals surface area contributed by atoms with Crippen molar-refractivity contribution in [2.45, 2.75) is 82.5 Å².